The summed E-state index contributed by atoms with van der Waals surface area (Å²) in [6.07, 6.45) is 0. The Morgan fingerprint density at radius 3 is 2.25 bits per heavy atom. The Labute approximate surface area is 116 Å². The molecule has 0 unspecified atom stereocenters. The van der Waals surface area contributed by atoms with Gasteiger partial charge < -0.3 is 5.11 Å². The lowest BCUT2D eigenvalue weighted by Crippen LogP contribution is -1.94. The quantitative estimate of drug-likeness (QED) is 0.405. The molecule has 0 saturated carbocycles. The van der Waals surface area contributed by atoms with Crippen molar-refractivity contribution in [2.24, 2.45) is 0 Å². The Hall–Kier alpha value is -2.86. The van der Waals surface area contributed by atoms with E-state index in [-0.39, 0.29) is 11.3 Å². The molecule has 1 aromatic heterocycles. The highest BCUT2D eigenvalue weighted by Gasteiger charge is 2.13. The fourth-order valence-corrected chi connectivity index (χ4v) is 2.40. The molecule has 0 aliphatic heterocycles. The molecule has 1 heterocycles. The molecule has 0 saturated heterocycles. The largest absolute Gasteiger partial charge is 0.511 e. The molecule has 0 radical (unpaired) electrons. The van der Waals surface area contributed by atoms with E-state index in [1.54, 1.807) is 0 Å². The van der Waals surface area contributed by atoms with Crippen molar-refractivity contribution in [2.45, 2.75) is 6.92 Å². The van der Waals surface area contributed by atoms with Crippen LogP contribution in [0.1, 0.15) is 12.6 Å². The number of aliphatic hydroxyl groups excluding tert-OH is 1. The molecule has 0 spiro atoms. The van der Waals surface area contributed by atoms with Crippen LogP contribution in [0.2, 0.25) is 0 Å². The molecule has 0 bridgehead atoms. The summed E-state index contributed by atoms with van der Waals surface area (Å²) in [6, 6.07) is 17.6. The van der Waals surface area contributed by atoms with Crippen LogP contribution < -0.4 is 0 Å². The van der Waals surface area contributed by atoms with Gasteiger partial charge in [0.05, 0.1) is 11.2 Å². The van der Waals surface area contributed by atoms with E-state index in [4.69, 9.17) is 0 Å². The Bertz CT molecular complexity index is 884. The van der Waals surface area contributed by atoms with Gasteiger partial charge in [-0.2, -0.15) is 5.26 Å². The maximum atomic E-state index is 9.71. The first-order chi connectivity index (χ1) is 9.72. The van der Waals surface area contributed by atoms with Crippen LogP contribution in [-0.4, -0.2) is 10.1 Å². The van der Waals surface area contributed by atoms with Crippen molar-refractivity contribution in [3.8, 4) is 6.07 Å². The van der Waals surface area contributed by atoms with Crippen LogP contribution in [0, 0.1) is 11.3 Å². The molecule has 0 amide bonds. The van der Waals surface area contributed by atoms with Crippen molar-refractivity contribution >= 4 is 27.2 Å². The van der Waals surface area contributed by atoms with Crippen LogP contribution in [0.15, 0.2) is 54.3 Å². The van der Waals surface area contributed by atoms with E-state index in [2.05, 4.69) is 4.98 Å². The van der Waals surface area contributed by atoms with Gasteiger partial charge in [-0.15, -0.1) is 0 Å². The molecule has 0 atom stereocenters. The number of aliphatic hydroxyl groups is 1. The third-order valence-electron chi connectivity index (χ3n) is 3.32. The topological polar surface area (TPSA) is 56.9 Å². The van der Waals surface area contributed by atoms with Gasteiger partial charge >= 0.3 is 0 Å². The molecule has 3 aromatic rings. The predicted octanol–water partition coefficient (Wildman–Crippen LogP) is 4.20. The Balaban J connectivity index is 2.54. The number of fused-ring (bicyclic) bond motifs is 3. The lowest BCUT2D eigenvalue weighted by molar-refractivity contribution is 0.418. The number of hydrogen-bond acceptors (Lipinski definition) is 3. The number of rotatable bonds is 1. The minimum Gasteiger partial charge on any atom is -0.511 e. The lowest BCUT2D eigenvalue weighted by atomic mass is 10.00. The van der Waals surface area contributed by atoms with E-state index in [0.29, 0.717) is 5.69 Å². The van der Waals surface area contributed by atoms with Crippen molar-refractivity contribution in [1.82, 2.24) is 4.98 Å². The molecule has 3 rings (SSSR count). The first kappa shape index (κ1) is 12.2. The van der Waals surface area contributed by atoms with Crippen LogP contribution in [0.25, 0.3) is 27.2 Å². The van der Waals surface area contributed by atoms with Crippen molar-refractivity contribution in [2.75, 3.05) is 0 Å². The van der Waals surface area contributed by atoms with Crippen LogP contribution in [0.3, 0.4) is 0 Å². The van der Waals surface area contributed by atoms with Gasteiger partial charge in [-0.1, -0.05) is 42.5 Å². The van der Waals surface area contributed by atoms with Crippen LogP contribution in [-0.2, 0) is 0 Å². The Morgan fingerprint density at radius 1 is 1.00 bits per heavy atom. The van der Waals surface area contributed by atoms with Gasteiger partial charge in [-0.25, -0.2) is 4.98 Å². The normalized spacial score (nSPS) is 12.2. The molecule has 0 fully saturated rings. The average Bonchev–Trinajstić information content (AvgIpc) is 2.48. The summed E-state index contributed by atoms with van der Waals surface area (Å²) in [4.78, 5) is 4.56. The summed E-state index contributed by atoms with van der Waals surface area (Å²) < 4.78 is 0. The Kier molecular flexibility index (Phi) is 2.85. The van der Waals surface area contributed by atoms with Crippen molar-refractivity contribution in [3.05, 3.63) is 60.0 Å². The molecule has 2 aromatic carbocycles. The fraction of sp³-hybridized carbons (Fsp3) is 0.0588. The molecule has 1 N–H and O–H groups in total. The Morgan fingerprint density at radius 2 is 1.60 bits per heavy atom. The smallest absolute Gasteiger partial charge is 0.115 e. The zero-order valence-corrected chi connectivity index (χ0v) is 11.0. The first-order valence-electron chi connectivity index (χ1n) is 6.30. The summed E-state index contributed by atoms with van der Waals surface area (Å²) in [7, 11) is 0. The van der Waals surface area contributed by atoms with E-state index >= 15 is 0 Å². The van der Waals surface area contributed by atoms with Crippen molar-refractivity contribution in [1.29, 1.82) is 5.26 Å². The SMILES string of the molecule is C/C(O)=C(\C#N)c1nc2ccccc2c2ccccc12. The average molecular weight is 260 g/mol. The fourth-order valence-electron chi connectivity index (χ4n) is 2.40. The molecule has 3 nitrogen and oxygen atoms in total. The van der Waals surface area contributed by atoms with Gasteiger partial charge in [0.25, 0.3) is 0 Å². The minimum absolute atomic E-state index is 0.0135. The number of nitriles is 1. The zero-order chi connectivity index (χ0) is 14.1. The van der Waals surface area contributed by atoms with Crippen LogP contribution in [0.5, 0.6) is 0 Å². The van der Waals surface area contributed by atoms with Gasteiger partial charge in [-0.3, -0.25) is 0 Å². The molecule has 20 heavy (non-hydrogen) atoms. The predicted molar refractivity (Wildman–Crippen MR) is 80.1 cm³/mol. The van der Waals surface area contributed by atoms with Gasteiger partial charge in [0.1, 0.15) is 17.4 Å². The zero-order valence-electron chi connectivity index (χ0n) is 11.0. The number of aromatic nitrogens is 1. The molecule has 0 aliphatic carbocycles. The summed E-state index contributed by atoms with van der Waals surface area (Å²) in [5.41, 5.74) is 1.56. The van der Waals surface area contributed by atoms with Crippen molar-refractivity contribution < 1.29 is 5.11 Å². The number of benzene rings is 2. The number of hydrogen-bond donors (Lipinski definition) is 1. The third-order valence-corrected chi connectivity index (χ3v) is 3.32. The maximum Gasteiger partial charge on any atom is 0.115 e. The van der Waals surface area contributed by atoms with Crippen molar-refractivity contribution in [3.63, 3.8) is 0 Å². The highest BCUT2D eigenvalue weighted by Crippen LogP contribution is 2.30. The highest BCUT2D eigenvalue weighted by atomic mass is 16.3. The second-order valence-corrected chi connectivity index (χ2v) is 4.60. The molecular weight excluding hydrogens is 248 g/mol. The third kappa shape index (κ3) is 1.79. The lowest BCUT2D eigenvalue weighted by Gasteiger charge is -2.09. The van der Waals surface area contributed by atoms with E-state index in [1.807, 2.05) is 54.6 Å². The van der Waals surface area contributed by atoms with Gasteiger partial charge in [0, 0.05) is 10.8 Å². The van der Waals surface area contributed by atoms with Gasteiger partial charge in [-0.05, 0) is 18.4 Å². The van der Waals surface area contributed by atoms with Gasteiger partial charge in [0.15, 0.2) is 0 Å². The van der Waals surface area contributed by atoms with Crippen LogP contribution >= 0.6 is 0 Å². The van der Waals surface area contributed by atoms with Gasteiger partial charge in [0.2, 0.25) is 0 Å². The molecule has 96 valence electrons. The van der Waals surface area contributed by atoms with E-state index in [0.717, 1.165) is 21.7 Å². The van der Waals surface area contributed by atoms with E-state index in [1.165, 1.54) is 6.92 Å². The summed E-state index contributed by atoms with van der Waals surface area (Å²) in [5.74, 6) is -0.0135. The van der Waals surface area contributed by atoms with E-state index in [9.17, 15) is 10.4 Å². The van der Waals surface area contributed by atoms with E-state index < -0.39 is 0 Å². The number of allylic oxidation sites excluding steroid dienone is 2. The molecular formula is C17H12N2O. The summed E-state index contributed by atoms with van der Waals surface area (Å²) in [6.45, 7) is 1.50. The summed E-state index contributed by atoms with van der Waals surface area (Å²) in [5, 5.41) is 21.9. The second-order valence-electron chi connectivity index (χ2n) is 4.60. The molecule has 0 aliphatic rings. The number of para-hydroxylation sites is 1. The number of pyridine rings is 1. The highest BCUT2D eigenvalue weighted by molar-refractivity contribution is 6.10. The molecule has 3 heteroatoms. The minimum atomic E-state index is -0.0135. The number of nitrogens with zero attached hydrogens (tertiary/aromatic N) is 2. The summed E-state index contributed by atoms with van der Waals surface area (Å²) >= 11 is 0. The maximum absolute atomic E-state index is 9.71. The monoisotopic (exact) mass is 260 g/mol. The first-order valence-corrected chi connectivity index (χ1v) is 6.30. The van der Waals surface area contributed by atoms with Crippen LogP contribution in [0.4, 0.5) is 0 Å². The second kappa shape index (κ2) is 4.67. The standard InChI is InChI=1S/C17H12N2O/c1-11(20)15(10-18)17-14-8-3-2-6-12(14)13-7-4-5-9-16(13)19-17/h2-9,20H,1H3/b15-11-.